The van der Waals surface area contributed by atoms with Crippen LogP contribution in [0.25, 0.3) is 0 Å². The first-order valence-corrected chi connectivity index (χ1v) is 6.86. The highest BCUT2D eigenvalue weighted by atomic mass is 79.9. The molecule has 5 heteroatoms. The number of thiophene rings is 1. The fourth-order valence-electron chi connectivity index (χ4n) is 1.36. The third-order valence-electron chi connectivity index (χ3n) is 2.68. The Morgan fingerprint density at radius 1 is 1.69 bits per heavy atom. The Balaban J connectivity index is 2.73. The van der Waals surface area contributed by atoms with Crippen molar-refractivity contribution in [2.24, 2.45) is 0 Å². The molecular weight excluding hydrogens is 290 g/mol. The zero-order valence-electron chi connectivity index (χ0n) is 9.42. The van der Waals surface area contributed by atoms with E-state index in [-0.39, 0.29) is 18.1 Å². The van der Waals surface area contributed by atoms with Crippen molar-refractivity contribution in [2.75, 3.05) is 6.61 Å². The Hall–Kier alpha value is -0.390. The highest BCUT2D eigenvalue weighted by Gasteiger charge is 2.25. The van der Waals surface area contributed by atoms with Crippen molar-refractivity contribution in [3.63, 3.8) is 0 Å². The molecule has 2 N–H and O–H groups in total. The van der Waals surface area contributed by atoms with Crippen LogP contribution in [0.4, 0.5) is 0 Å². The van der Waals surface area contributed by atoms with E-state index in [4.69, 9.17) is 5.11 Å². The maximum absolute atomic E-state index is 12.0. The number of amides is 1. The number of carbonyl (C=O) groups is 1. The van der Waals surface area contributed by atoms with Crippen LogP contribution >= 0.6 is 27.3 Å². The van der Waals surface area contributed by atoms with E-state index in [9.17, 15) is 4.79 Å². The van der Waals surface area contributed by atoms with Crippen molar-refractivity contribution in [1.29, 1.82) is 0 Å². The molecule has 0 aromatic carbocycles. The number of aliphatic hydroxyl groups is 1. The molecule has 0 aliphatic heterocycles. The zero-order chi connectivity index (χ0) is 12.2. The lowest BCUT2D eigenvalue weighted by Crippen LogP contribution is -2.46. The van der Waals surface area contributed by atoms with Gasteiger partial charge in [0.15, 0.2) is 0 Å². The second-order valence-corrected chi connectivity index (χ2v) is 5.71. The number of hydrogen-bond donors (Lipinski definition) is 2. The first kappa shape index (κ1) is 13.7. The minimum absolute atomic E-state index is 0.0796. The van der Waals surface area contributed by atoms with Crippen LogP contribution in [-0.4, -0.2) is 23.2 Å². The third-order valence-corrected chi connectivity index (χ3v) is 4.52. The van der Waals surface area contributed by atoms with Gasteiger partial charge in [0.1, 0.15) is 4.88 Å². The second-order valence-electron chi connectivity index (χ2n) is 3.94. The maximum atomic E-state index is 12.0. The molecule has 1 rings (SSSR count). The number of nitrogens with one attached hydrogen (secondary N) is 1. The standard InChI is InChI=1S/C11H16BrNO2S/c1-3-11(2,5-6-14)13-10(15)9-8(12)4-7-16-9/h4,7,14H,3,5-6H2,1-2H3,(H,13,15). The van der Waals surface area contributed by atoms with Crippen molar-refractivity contribution in [2.45, 2.75) is 32.2 Å². The first-order valence-electron chi connectivity index (χ1n) is 5.19. The molecule has 16 heavy (non-hydrogen) atoms. The number of halogens is 1. The minimum atomic E-state index is -0.338. The van der Waals surface area contributed by atoms with Gasteiger partial charge in [0.2, 0.25) is 0 Å². The molecule has 1 atom stereocenters. The topological polar surface area (TPSA) is 49.3 Å². The van der Waals surface area contributed by atoms with E-state index < -0.39 is 0 Å². The molecular formula is C11H16BrNO2S. The second kappa shape index (κ2) is 5.80. The van der Waals surface area contributed by atoms with E-state index in [1.54, 1.807) is 0 Å². The van der Waals surface area contributed by atoms with Crippen molar-refractivity contribution in [3.05, 3.63) is 20.8 Å². The average Bonchev–Trinajstić information content (AvgIpc) is 2.65. The van der Waals surface area contributed by atoms with E-state index in [0.717, 1.165) is 10.9 Å². The summed E-state index contributed by atoms with van der Waals surface area (Å²) < 4.78 is 0.817. The summed E-state index contributed by atoms with van der Waals surface area (Å²) in [7, 11) is 0. The van der Waals surface area contributed by atoms with Gasteiger partial charge in [-0.1, -0.05) is 6.92 Å². The number of rotatable bonds is 5. The molecule has 1 unspecified atom stereocenters. The lowest BCUT2D eigenvalue weighted by Gasteiger charge is -2.28. The Kier molecular flexibility index (Phi) is 4.95. The van der Waals surface area contributed by atoms with E-state index in [2.05, 4.69) is 21.2 Å². The number of aliphatic hydroxyl groups excluding tert-OH is 1. The Labute approximate surface area is 108 Å². The van der Waals surface area contributed by atoms with E-state index in [0.29, 0.717) is 11.3 Å². The Bertz CT molecular complexity index is 367. The monoisotopic (exact) mass is 305 g/mol. The van der Waals surface area contributed by atoms with Gasteiger partial charge >= 0.3 is 0 Å². The molecule has 3 nitrogen and oxygen atoms in total. The summed E-state index contributed by atoms with van der Waals surface area (Å²) in [6.45, 7) is 4.03. The van der Waals surface area contributed by atoms with Crippen LogP contribution in [0.1, 0.15) is 36.4 Å². The van der Waals surface area contributed by atoms with Crippen molar-refractivity contribution in [3.8, 4) is 0 Å². The van der Waals surface area contributed by atoms with Gasteiger partial charge in [0.05, 0.1) is 0 Å². The van der Waals surface area contributed by atoms with Crippen LogP contribution in [0.3, 0.4) is 0 Å². The van der Waals surface area contributed by atoms with Crippen LogP contribution in [0.15, 0.2) is 15.9 Å². The fourth-order valence-corrected chi connectivity index (χ4v) is 2.81. The minimum Gasteiger partial charge on any atom is -0.396 e. The van der Waals surface area contributed by atoms with Crippen LogP contribution in [0, 0.1) is 0 Å². The summed E-state index contributed by atoms with van der Waals surface area (Å²) >= 11 is 4.74. The third kappa shape index (κ3) is 3.30. The summed E-state index contributed by atoms with van der Waals surface area (Å²) in [6, 6.07) is 1.86. The first-order chi connectivity index (χ1) is 7.52. The molecule has 1 heterocycles. The smallest absolute Gasteiger partial charge is 0.262 e. The summed E-state index contributed by atoms with van der Waals surface area (Å²) in [6.07, 6.45) is 1.36. The van der Waals surface area contributed by atoms with Crippen LogP contribution in [-0.2, 0) is 0 Å². The molecule has 0 bridgehead atoms. The Morgan fingerprint density at radius 2 is 2.38 bits per heavy atom. The van der Waals surface area contributed by atoms with Gasteiger partial charge in [0.25, 0.3) is 5.91 Å². The molecule has 0 aliphatic carbocycles. The summed E-state index contributed by atoms with van der Waals surface area (Å²) in [4.78, 5) is 12.6. The van der Waals surface area contributed by atoms with Crippen molar-refractivity contribution >= 4 is 33.2 Å². The lowest BCUT2D eigenvalue weighted by atomic mass is 9.95. The average molecular weight is 306 g/mol. The van der Waals surface area contributed by atoms with Gasteiger partial charge in [-0.3, -0.25) is 4.79 Å². The zero-order valence-corrected chi connectivity index (χ0v) is 11.8. The van der Waals surface area contributed by atoms with Gasteiger partial charge in [-0.15, -0.1) is 11.3 Å². The molecule has 0 aliphatic rings. The predicted octanol–water partition coefficient (Wildman–Crippen LogP) is 2.79. The Morgan fingerprint density at radius 3 is 2.81 bits per heavy atom. The molecule has 0 radical (unpaired) electrons. The fraction of sp³-hybridized carbons (Fsp3) is 0.545. The van der Waals surface area contributed by atoms with E-state index >= 15 is 0 Å². The quantitative estimate of drug-likeness (QED) is 0.879. The van der Waals surface area contributed by atoms with E-state index in [1.165, 1.54) is 11.3 Å². The van der Waals surface area contributed by atoms with Crippen LogP contribution < -0.4 is 5.32 Å². The van der Waals surface area contributed by atoms with Crippen LogP contribution in [0.5, 0.6) is 0 Å². The van der Waals surface area contributed by atoms with Gasteiger partial charge in [0, 0.05) is 16.6 Å². The normalized spacial score (nSPS) is 14.5. The molecule has 0 saturated carbocycles. The molecule has 1 aromatic rings. The largest absolute Gasteiger partial charge is 0.396 e. The summed E-state index contributed by atoms with van der Waals surface area (Å²) in [5, 5.41) is 13.8. The van der Waals surface area contributed by atoms with Gasteiger partial charge in [-0.2, -0.15) is 0 Å². The highest BCUT2D eigenvalue weighted by molar-refractivity contribution is 9.10. The van der Waals surface area contributed by atoms with E-state index in [1.807, 2.05) is 25.3 Å². The number of carbonyl (C=O) groups excluding carboxylic acids is 1. The SMILES string of the molecule is CCC(C)(CCO)NC(=O)c1sccc1Br. The lowest BCUT2D eigenvalue weighted by molar-refractivity contribution is 0.0889. The molecule has 90 valence electrons. The van der Waals surface area contributed by atoms with Gasteiger partial charge in [-0.25, -0.2) is 0 Å². The van der Waals surface area contributed by atoms with Gasteiger partial charge < -0.3 is 10.4 Å². The van der Waals surface area contributed by atoms with Crippen LogP contribution in [0.2, 0.25) is 0 Å². The molecule has 0 spiro atoms. The van der Waals surface area contributed by atoms with Gasteiger partial charge in [-0.05, 0) is 47.1 Å². The molecule has 0 saturated heterocycles. The summed E-state index contributed by atoms with van der Waals surface area (Å²) in [5.41, 5.74) is -0.338. The molecule has 1 amide bonds. The maximum Gasteiger partial charge on any atom is 0.262 e. The molecule has 1 aromatic heterocycles. The highest BCUT2D eigenvalue weighted by Crippen LogP contribution is 2.24. The van der Waals surface area contributed by atoms with Crippen molar-refractivity contribution < 1.29 is 9.90 Å². The van der Waals surface area contributed by atoms with Crippen molar-refractivity contribution in [1.82, 2.24) is 5.32 Å². The predicted molar refractivity (Wildman–Crippen MR) is 69.9 cm³/mol. The summed E-state index contributed by atoms with van der Waals surface area (Å²) in [5.74, 6) is -0.0836. The molecule has 0 fully saturated rings. The number of hydrogen-bond acceptors (Lipinski definition) is 3.